The third kappa shape index (κ3) is 7.58. The van der Waals surface area contributed by atoms with Crippen LogP contribution in [0.5, 0.6) is 0 Å². The van der Waals surface area contributed by atoms with Crippen molar-refractivity contribution >= 4 is 0 Å². The van der Waals surface area contributed by atoms with E-state index in [0.29, 0.717) is 0 Å². The molecule has 0 saturated heterocycles. The highest BCUT2D eigenvalue weighted by atomic mass is 14.3. The van der Waals surface area contributed by atoms with Crippen molar-refractivity contribution in [3.8, 4) is 0 Å². The topological polar surface area (TPSA) is 0 Å². The van der Waals surface area contributed by atoms with Gasteiger partial charge >= 0.3 is 0 Å². The summed E-state index contributed by atoms with van der Waals surface area (Å²) in [7, 11) is 0. The normalized spacial score (nSPS) is 31.9. The Kier molecular flexibility index (Phi) is 9.85. The SMILES string of the molecule is CC=CCC1CCC(CCCCC2CCC(CC=CC)CC2)CC1. The van der Waals surface area contributed by atoms with Crippen LogP contribution in [-0.2, 0) is 0 Å². The zero-order valence-corrected chi connectivity index (χ0v) is 16.5. The maximum absolute atomic E-state index is 2.37. The van der Waals surface area contributed by atoms with Crippen LogP contribution >= 0.6 is 0 Å². The Labute approximate surface area is 152 Å². The van der Waals surface area contributed by atoms with Crippen LogP contribution in [-0.4, -0.2) is 0 Å². The molecule has 24 heavy (non-hydrogen) atoms. The van der Waals surface area contributed by atoms with Crippen LogP contribution in [0, 0.1) is 23.7 Å². The second kappa shape index (κ2) is 11.9. The second-order valence-electron chi connectivity index (χ2n) is 8.67. The quantitative estimate of drug-likeness (QED) is 0.296. The summed E-state index contributed by atoms with van der Waals surface area (Å²) in [5, 5.41) is 0. The fourth-order valence-corrected chi connectivity index (χ4v) is 5.03. The summed E-state index contributed by atoms with van der Waals surface area (Å²) in [5.74, 6) is 4.11. The largest absolute Gasteiger partial charge is 0.0917 e. The van der Waals surface area contributed by atoms with E-state index in [4.69, 9.17) is 0 Å². The van der Waals surface area contributed by atoms with Crippen LogP contribution in [0.1, 0.15) is 104 Å². The Morgan fingerprint density at radius 3 is 1.21 bits per heavy atom. The van der Waals surface area contributed by atoms with Gasteiger partial charge in [-0.25, -0.2) is 0 Å². The molecular formula is C24H42. The minimum Gasteiger partial charge on any atom is -0.0917 e. The van der Waals surface area contributed by atoms with E-state index in [0.717, 1.165) is 23.7 Å². The van der Waals surface area contributed by atoms with Crippen molar-refractivity contribution in [3.05, 3.63) is 24.3 Å². The average molecular weight is 331 g/mol. The first-order chi connectivity index (χ1) is 11.8. The molecule has 0 N–H and O–H groups in total. The molecule has 0 radical (unpaired) electrons. The van der Waals surface area contributed by atoms with Crippen molar-refractivity contribution in [1.82, 2.24) is 0 Å². The molecule has 0 aliphatic heterocycles. The van der Waals surface area contributed by atoms with E-state index in [1.165, 1.54) is 89.9 Å². The fraction of sp³-hybridized carbons (Fsp3) is 0.833. The standard InChI is InChI=1S/C24H42/c1-3-5-9-21-13-17-23(18-14-21)11-7-8-12-24-19-15-22(16-20-24)10-6-4-2/h3-6,21-24H,7-20H2,1-2H3. The lowest BCUT2D eigenvalue weighted by Crippen LogP contribution is -2.15. The van der Waals surface area contributed by atoms with Gasteiger partial charge in [0.05, 0.1) is 0 Å². The van der Waals surface area contributed by atoms with Crippen LogP contribution < -0.4 is 0 Å². The predicted molar refractivity (Wildman–Crippen MR) is 108 cm³/mol. The van der Waals surface area contributed by atoms with Crippen LogP contribution in [0.15, 0.2) is 24.3 Å². The molecule has 0 atom stereocenters. The average Bonchev–Trinajstić information content (AvgIpc) is 2.64. The Morgan fingerprint density at radius 1 is 0.542 bits per heavy atom. The lowest BCUT2D eigenvalue weighted by molar-refractivity contribution is 0.243. The van der Waals surface area contributed by atoms with Crippen LogP contribution in [0.4, 0.5) is 0 Å². The van der Waals surface area contributed by atoms with Gasteiger partial charge in [-0.05, 0) is 76.0 Å². The molecule has 0 heterocycles. The summed E-state index contributed by atoms with van der Waals surface area (Å²) < 4.78 is 0. The van der Waals surface area contributed by atoms with Gasteiger partial charge in [-0.3, -0.25) is 0 Å². The maximum Gasteiger partial charge on any atom is -0.0322 e. The summed E-state index contributed by atoms with van der Waals surface area (Å²) in [6, 6.07) is 0. The summed E-state index contributed by atoms with van der Waals surface area (Å²) in [5.41, 5.74) is 0. The number of hydrogen-bond donors (Lipinski definition) is 0. The minimum atomic E-state index is 0.996. The number of unbranched alkanes of at least 4 members (excludes halogenated alkanes) is 1. The van der Waals surface area contributed by atoms with Crippen molar-refractivity contribution in [2.75, 3.05) is 0 Å². The zero-order valence-electron chi connectivity index (χ0n) is 16.5. The Balaban J connectivity index is 1.47. The van der Waals surface area contributed by atoms with Gasteiger partial charge in [0.25, 0.3) is 0 Å². The molecular weight excluding hydrogens is 288 g/mol. The lowest BCUT2D eigenvalue weighted by Gasteiger charge is -2.29. The Bertz CT molecular complexity index is 312. The molecule has 0 aromatic carbocycles. The van der Waals surface area contributed by atoms with E-state index < -0.39 is 0 Å². The van der Waals surface area contributed by atoms with Gasteiger partial charge in [0.15, 0.2) is 0 Å². The molecule has 0 heteroatoms. The number of rotatable bonds is 9. The highest BCUT2D eigenvalue weighted by Gasteiger charge is 2.21. The zero-order chi connectivity index (χ0) is 17.0. The van der Waals surface area contributed by atoms with Crippen molar-refractivity contribution in [2.24, 2.45) is 23.7 Å². The molecule has 2 aliphatic carbocycles. The van der Waals surface area contributed by atoms with Crippen LogP contribution in [0.3, 0.4) is 0 Å². The number of hydrogen-bond acceptors (Lipinski definition) is 0. The molecule has 2 saturated carbocycles. The van der Waals surface area contributed by atoms with Crippen LogP contribution in [0.2, 0.25) is 0 Å². The summed E-state index contributed by atoms with van der Waals surface area (Å²) >= 11 is 0. The van der Waals surface area contributed by atoms with E-state index in [9.17, 15) is 0 Å². The van der Waals surface area contributed by atoms with E-state index in [2.05, 4.69) is 38.2 Å². The molecule has 2 aliphatic rings. The van der Waals surface area contributed by atoms with E-state index in [1.54, 1.807) is 0 Å². The predicted octanol–water partition coefficient (Wildman–Crippen LogP) is 8.09. The lowest BCUT2D eigenvalue weighted by atomic mass is 9.77. The highest BCUT2D eigenvalue weighted by Crippen LogP contribution is 2.36. The van der Waals surface area contributed by atoms with Gasteiger partial charge < -0.3 is 0 Å². The maximum atomic E-state index is 2.37. The van der Waals surface area contributed by atoms with Gasteiger partial charge in [0.1, 0.15) is 0 Å². The van der Waals surface area contributed by atoms with Crippen LogP contribution in [0.25, 0.3) is 0 Å². The van der Waals surface area contributed by atoms with Gasteiger partial charge in [0, 0.05) is 0 Å². The molecule has 0 amide bonds. The minimum absolute atomic E-state index is 0.996. The molecule has 0 nitrogen and oxygen atoms in total. The number of allylic oxidation sites excluding steroid dienone is 4. The van der Waals surface area contributed by atoms with Gasteiger partial charge in [-0.15, -0.1) is 0 Å². The van der Waals surface area contributed by atoms with Crippen molar-refractivity contribution in [3.63, 3.8) is 0 Å². The first-order valence-electron chi connectivity index (χ1n) is 11.0. The first-order valence-corrected chi connectivity index (χ1v) is 11.0. The third-order valence-corrected chi connectivity index (χ3v) is 6.82. The second-order valence-corrected chi connectivity index (χ2v) is 8.67. The van der Waals surface area contributed by atoms with Crippen molar-refractivity contribution < 1.29 is 0 Å². The molecule has 2 rings (SSSR count). The van der Waals surface area contributed by atoms with E-state index in [-0.39, 0.29) is 0 Å². The van der Waals surface area contributed by atoms with E-state index >= 15 is 0 Å². The van der Waals surface area contributed by atoms with Gasteiger partial charge in [0.2, 0.25) is 0 Å². The van der Waals surface area contributed by atoms with Crippen molar-refractivity contribution in [2.45, 2.75) is 104 Å². The molecule has 2 fully saturated rings. The molecule has 0 bridgehead atoms. The Morgan fingerprint density at radius 2 is 0.875 bits per heavy atom. The smallest absolute Gasteiger partial charge is 0.0322 e. The summed E-state index contributed by atoms with van der Waals surface area (Å²) in [4.78, 5) is 0. The summed E-state index contributed by atoms with van der Waals surface area (Å²) in [6.07, 6.45) is 29.9. The van der Waals surface area contributed by atoms with Gasteiger partial charge in [-0.1, -0.05) is 75.7 Å². The summed E-state index contributed by atoms with van der Waals surface area (Å²) in [6.45, 7) is 4.31. The fourth-order valence-electron chi connectivity index (χ4n) is 5.03. The first kappa shape index (κ1) is 19.8. The van der Waals surface area contributed by atoms with Crippen molar-refractivity contribution in [1.29, 1.82) is 0 Å². The molecule has 0 aromatic heterocycles. The van der Waals surface area contributed by atoms with E-state index in [1.807, 2.05) is 0 Å². The monoisotopic (exact) mass is 330 g/mol. The molecule has 0 spiro atoms. The van der Waals surface area contributed by atoms with Gasteiger partial charge in [-0.2, -0.15) is 0 Å². The third-order valence-electron chi connectivity index (χ3n) is 6.82. The molecule has 0 aromatic rings. The molecule has 0 unspecified atom stereocenters. The Hall–Kier alpha value is -0.520. The highest BCUT2D eigenvalue weighted by molar-refractivity contribution is 4.84. The molecule has 138 valence electrons.